The molecule has 0 amide bonds. The van der Waals surface area contributed by atoms with E-state index >= 15 is 0 Å². The molecule has 3 aromatic rings. The van der Waals surface area contributed by atoms with E-state index in [-0.39, 0.29) is 5.95 Å². The SMILES string of the molecule is Nc1nc(-c2ccoc2)cc(-c2ccc(Cl)cc2Cl)n1. The summed E-state index contributed by atoms with van der Waals surface area (Å²) in [7, 11) is 0. The first-order valence-electron chi connectivity index (χ1n) is 5.76. The Morgan fingerprint density at radius 2 is 1.80 bits per heavy atom. The highest BCUT2D eigenvalue weighted by atomic mass is 35.5. The van der Waals surface area contributed by atoms with Gasteiger partial charge in [0.1, 0.15) is 0 Å². The third-order valence-electron chi connectivity index (χ3n) is 2.77. The van der Waals surface area contributed by atoms with Crippen LogP contribution in [0, 0.1) is 0 Å². The summed E-state index contributed by atoms with van der Waals surface area (Å²) in [6.07, 6.45) is 3.16. The number of hydrogen-bond acceptors (Lipinski definition) is 4. The molecule has 0 aliphatic heterocycles. The molecular formula is C14H9Cl2N3O. The molecular weight excluding hydrogens is 297 g/mol. The summed E-state index contributed by atoms with van der Waals surface area (Å²) in [5.74, 6) is 0.171. The van der Waals surface area contributed by atoms with Crippen LogP contribution in [0.1, 0.15) is 0 Å². The Kier molecular flexibility index (Phi) is 3.34. The Labute approximate surface area is 125 Å². The molecule has 0 unspecified atom stereocenters. The maximum atomic E-state index is 6.19. The Morgan fingerprint density at radius 1 is 1.00 bits per heavy atom. The lowest BCUT2D eigenvalue weighted by Crippen LogP contribution is -1.98. The average molecular weight is 306 g/mol. The van der Waals surface area contributed by atoms with Crippen LogP contribution >= 0.6 is 23.2 Å². The molecule has 0 spiro atoms. The number of nitrogens with two attached hydrogens (primary N) is 1. The Balaban J connectivity index is 2.14. The molecule has 0 aliphatic rings. The van der Waals surface area contributed by atoms with E-state index in [1.165, 1.54) is 0 Å². The third kappa shape index (κ3) is 2.48. The fourth-order valence-corrected chi connectivity index (χ4v) is 2.36. The second-order valence-corrected chi connectivity index (χ2v) is 4.98. The Morgan fingerprint density at radius 3 is 2.50 bits per heavy atom. The summed E-state index contributed by atoms with van der Waals surface area (Å²) >= 11 is 12.1. The maximum Gasteiger partial charge on any atom is 0.221 e. The number of rotatable bonds is 2. The van der Waals surface area contributed by atoms with Gasteiger partial charge in [0, 0.05) is 16.1 Å². The second-order valence-electron chi connectivity index (χ2n) is 4.13. The van der Waals surface area contributed by atoms with Gasteiger partial charge in [-0.15, -0.1) is 0 Å². The minimum Gasteiger partial charge on any atom is -0.472 e. The molecule has 0 bridgehead atoms. The monoisotopic (exact) mass is 305 g/mol. The summed E-state index contributed by atoms with van der Waals surface area (Å²) < 4.78 is 5.05. The van der Waals surface area contributed by atoms with Gasteiger partial charge in [-0.05, 0) is 30.3 Å². The van der Waals surface area contributed by atoms with Gasteiger partial charge >= 0.3 is 0 Å². The molecule has 2 aromatic heterocycles. The van der Waals surface area contributed by atoms with E-state index in [0.29, 0.717) is 21.4 Å². The number of furan rings is 1. The zero-order chi connectivity index (χ0) is 14.1. The van der Waals surface area contributed by atoms with E-state index < -0.39 is 0 Å². The average Bonchev–Trinajstić information content (AvgIpc) is 2.91. The normalized spacial score (nSPS) is 10.7. The number of anilines is 1. The number of hydrogen-bond donors (Lipinski definition) is 1. The van der Waals surface area contributed by atoms with Crippen molar-refractivity contribution in [3.8, 4) is 22.5 Å². The zero-order valence-electron chi connectivity index (χ0n) is 10.2. The van der Waals surface area contributed by atoms with Gasteiger partial charge in [-0.25, -0.2) is 9.97 Å². The molecule has 2 N–H and O–H groups in total. The van der Waals surface area contributed by atoms with Crippen LogP contribution in [0.15, 0.2) is 47.3 Å². The highest BCUT2D eigenvalue weighted by Gasteiger charge is 2.10. The summed E-state index contributed by atoms with van der Waals surface area (Å²) in [6, 6.07) is 8.81. The van der Waals surface area contributed by atoms with Crippen molar-refractivity contribution in [2.24, 2.45) is 0 Å². The van der Waals surface area contributed by atoms with Gasteiger partial charge in [0.15, 0.2) is 0 Å². The van der Waals surface area contributed by atoms with Crippen molar-refractivity contribution in [2.75, 3.05) is 5.73 Å². The molecule has 6 heteroatoms. The molecule has 0 radical (unpaired) electrons. The lowest BCUT2D eigenvalue weighted by molar-refractivity contribution is 0.568. The minimum absolute atomic E-state index is 0.171. The molecule has 0 atom stereocenters. The van der Waals surface area contributed by atoms with Crippen molar-refractivity contribution in [1.29, 1.82) is 0 Å². The first-order chi connectivity index (χ1) is 9.63. The van der Waals surface area contributed by atoms with E-state index in [1.807, 2.05) is 0 Å². The lowest BCUT2D eigenvalue weighted by Gasteiger charge is -2.07. The number of benzene rings is 1. The predicted octanol–water partition coefficient (Wildman–Crippen LogP) is 4.29. The predicted molar refractivity (Wildman–Crippen MR) is 79.6 cm³/mol. The molecule has 20 heavy (non-hydrogen) atoms. The first kappa shape index (κ1) is 13.0. The van der Waals surface area contributed by atoms with Crippen molar-refractivity contribution in [1.82, 2.24) is 9.97 Å². The van der Waals surface area contributed by atoms with E-state index in [9.17, 15) is 0 Å². The molecule has 0 aliphatic carbocycles. The van der Waals surface area contributed by atoms with Crippen molar-refractivity contribution >= 4 is 29.2 Å². The first-order valence-corrected chi connectivity index (χ1v) is 6.51. The van der Waals surface area contributed by atoms with Crippen LogP contribution in [-0.2, 0) is 0 Å². The number of aromatic nitrogens is 2. The molecule has 1 aromatic carbocycles. The van der Waals surface area contributed by atoms with Crippen LogP contribution in [-0.4, -0.2) is 9.97 Å². The molecule has 3 rings (SSSR count). The lowest BCUT2D eigenvalue weighted by atomic mass is 10.1. The van der Waals surface area contributed by atoms with E-state index in [4.69, 9.17) is 33.4 Å². The van der Waals surface area contributed by atoms with Gasteiger partial charge in [-0.2, -0.15) is 0 Å². The summed E-state index contributed by atoms with van der Waals surface area (Å²) in [5, 5.41) is 1.07. The summed E-state index contributed by atoms with van der Waals surface area (Å²) in [6.45, 7) is 0. The standard InChI is InChI=1S/C14H9Cl2N3O/c15-9-1-2-10(11(16)5-9)13-6-12(18-14(17)19-13)8-3-4-20-7-8/h1-7H,(H2,17,18,19). The van der Waals surface area contributed by atoms with Crippen molar-refractivity contribution in [3.05, 3.63) is 52.9 Å². The van der Waals surface area contributed by atoms with Crippen molar-refractivity contribution < 1.29 is 4.42 Å². The zero-order valence-corrected chi connectivity index (χ0v) is 11.7. The number of halogens is 2. The maximum absolute atomic E-state index is 6.19. The fourth-order valence-electron chi connectivity index (χ4n) is 1.86. The number of nitrogen functional groups attached to an aromatic ring is 1. The molecule has 4 nitrogen and oxygen atoms in total. The van der Waals surface area contributed by atoms with Crippen molar-refractivity contribution in [2.45, 2.75) is 0 Å². The smallest absolute Gasteiger partial charge is 0.221 e. The van der Waals surface area contributed by atoms with Gasteiger partial charge < -0.3 is 10.2 Å². The summed E-state index contributed by atoms with van der Waals surface area (Å²) in [5.41, 5.74) is 8.64. The number of nitrogens with zero attached hydrogens (tertiary/aromatic N) is 2. The Hall–Kier alpha value is -2.04. The van der Waals surface area contributed by atoms with Gasteiger partial charge in [-0.3, -0.25) is 0 Å². The highest BCUT2D eigenvalue weighted by Crippen LogP contribution is 2.31. The van der Waals surface area contributed by atoms with Crippen molar-refractivity contribution in [3.63, 3.8) is 0 Å². The van der Waals surface area contributed by atoms with Crippen LogP contribution in [0.3, 0.4) is 0 Å². The largest absolute Gasteiger partial charge is 0.472 e. The van der Waals surface area contributed by atoms with E-state index in [1.54, 1.807) is 42.9 Å². The van der Waals surface area contributed by atoms with E-state index in [0.717, 1.165) is 11.1 Å². The molecule has 0 saturated heterocycles. The molecule has 100 valence electrons. The van der Waals surface area contributed by atoms with Crippen LogP contribution in [0.25, 0.3) is 22.5 Å². The van der Waals surface area contributed by atoms with Gasteiger partial charge in [0.2, 0.25) is 5.95 Å². The third-order valence-corrected chi connectivity index (χ3v) is 3.32. The minimum atomic E-state index is 0.171. The topological polar surface area (TPSA) is 64.9 Å². The quantitative estimate of drug-likeness (QED) is 0.767. The van der Waals surface area contributed by atoms with Gasteiger partial charge in [-0.1, -0.05) is 23.2 Å². The molecule has 0 fully saturated rings. The van der Waals surface area contributed by atoms with E-state index in [2.05, 4.69) is 9.97 Å². The summed E-state index contributed by atoms with van der Waals surface area (Å²) in [4.78, 5) is 8.40. The van der Waals surface area contributed by atoms with Gasteiger partial charge in [0.05, 0.1) is 28.9 Å². The van der Waals surface area contributed by atoms with Crippen LogP contribution in [0.2, 0.25) is 10.0 Å². The van der Waals surface area contributed by atoms with Crippen LogP contribution < -0.4 is 5.73 Å². The van der Waals surface area contributed by atoms with Crippen LogP contribution in [0.4, 0.5) is 5.95 Å². The Bertz CT molecular complexity index is 757. The second kappa shape index (κ2) is 5.15. The van der Waals surface area contributed by atoms with Gasteiger partial charge in [0.25, 0.3) is 0 Å². The highest BCUT2D eigenvalue weighted by molar-refractivity contribution is 6.36. The molecule has 0 saturated carbocycles. The van der Waals surface area contributed by atoms with Crippen LogP contribution in [0.5, 0.6) is 0 Å². The fraction of sp³-hybridized carbons (Fsp3) is 0. The molecule has 2 heterocycles.